The number of aromatic hydroxyl groups is 4. The molecule has 0 aromatic heterocycles. The van der Waals surface area contributed by atoms with Crippen molar-refractivity contribution in [2.45, 2.75) is 18.9 Å². The zero-order valence-corrected chi connectivity index (χ0v) is 12.2. The molecule has 2 aliphatic rings. The van der Waals surface area contributed by atoms with Crippen molar-refractivity contribution in [3.8, 4) is 23.0 Å². The molecule has 0 unspecified atom stereocenters. The fraction of sp³-hybridized carbons (Fsp3) is 0.294. The number of benzene rings is 2. The highest BCUT2D eigenvalue weighted by molar-refractivity contribution is 5.65. The second-order valence-corrected chi connectivity index (χ2v) is 6.47. The molecule has 0 saturated carbocycles. The monoisotopic (exact) mass is 300 g/mol. The predicted molar refractivity (Wildman–Crippen MR) is 82.3 cm³/mol. The van der Waals surface area contributed by atoms with Gasteiger partial charge in [0, 0.05) is 30.0 Å². The van der Waals surface area contributed by atoms with E-state index in [1.54, 1.807) is 24.3 Å². The normalized spacial score (nSPS) is 25.4. The van der Waals surface area contributed by atoms with Crippen LogP contribution >= 0.6 is 0 Å². The van der Waals surface area contributed by atoms with Crippen LogP contribution in [0.5, 0.6) is 23.0 Å². The second kappa shape index (κ2) is 4.08. The summed E-state index contributed by atoms with van der Waals surface area (Å²) in [6, 6.07) is 6.69. The van der Waals surface area contributed by atoms with Crippen LogP contribution in [0, 0.1) is 0 Å². The summed E-state index contributed by atoms with van der Waals surface area (Å²) in [5.74, 6) is -0.383. The molecular formula is C17H18NO4+. The van der Waals surface area contributed by atoms with Gasteiger partial charge in [-0.05, 0) is 23.8 Å². The summed E-state index contributed by atoms with van der Waals surface area (Å²) in [4.78, 5) is 0. The van der Waals surface area contributed by atoms with Gasteiger partial charge in [0.1, 0.15) is 11.7 Å². The highest BCUT2D eigenvalue weighted by atomic mass is 16.3. The number of likely N-dealkylation sites (N-methyl/N-ethyl adjacent to an activating group) is 1. The third-order valence-corrected chi connectivity index (χ3v) is 5.27. The number of hydrogen-bond donors (Lipinski definition) is 4. The lowest BCUT2D eigenvalue weighted by Crippen LogP contribution is -2.50. The summed E-state index contributed by atoms with van der Waals surface area (Å²) in [7, 11) is 2.11. The first-order chi connectivity index (χ1) is 10.4. The van der Waals surface area contributed by atoms with Crippen molar-refractivity contribution in [3.05, 3.63) is 41.0 Å². The van der Waals surface area contributed by atoms with E-state index in [0.29, 0.717) is 4.48 Å². The summed E-state index contributed by atoms with van der Waals surface area (Å²) < 4.78 is 0.639. The Morgan fingerprint density at radius 3 is 2.18 bits per heavy atom. The van der Waals surface area contributed by atoms with Gasteiger partial charge in [0.25, 0.3) is 0 Å². The summed E-state index contributed by atoms with van der Waals surface area (Å²) in [5, 5.41) is 39.1. The first-order valence-electron chi connectivity index (χ1n) is 7.35. The lowest BCUT2D eigenvalue weighted by molar-refractivity contribution is 0.251. The largest absolute Gasteiger partial charge is 0.504 e. The molecule has 4 rings (SSSR count). The van der Waals surface area contributed by atoms with Gasteiger partial charge in [0.15, 0.2) is 23.0 Å². The van der Waals surface area contributed by atoms with E-state index in [9.17, 15) is 20.4 Å². The van der Waals surface area contributed by atoms with Crippen LogP contribution in [0.3, 0.4) is 0 Å². The maximum absolute atomic E-state index is 9.85. The van der Waals surface area contributed by atoms with Crippen LogP contribution in [0.4, 0.5) is 5.69 Å². The van der Waals surface area contributed by atoms with Crippen LogP contribution in [0.15, 0.2) is 24.3 Å². The maximum atomic E-state index is 9.85. The lowest BCUT2D eigenvalue weighted by Gasteiger charge is -2.41. The molecule has 0 amide bonds. The minimum atomic E-state index is -0.103. The average molecular weight is 300 g/mol. The van der Waals surface area contributed by atoms with Crippen LogP contribution < -0.4 is 4.48 Å². The fourth-order valence-electron chi connectivity index (χ4n) is 4.03. The molecule has 2 heterocycles. The Bertz CT molecular complexity index is 802. The van der Waals surface area contributed by atoms with E-state index in [-0.39, 0.29) is 29.0 Å². The van der Waals surface area contributed by atoms with E-state index >= 15 is 0 Å². The SMILES string of the molecule is C[N@@+]12CCc3cc(O)c(O)cc3[C@@H]1Cc1cc(O)c(O)cc12. The molecule has 0 bridgehead atoms. The average Bonchev–Trinajstić information content (AvgIpc) is 2.75. The molecule has 0 saturated heterocycles. The van der Waals surface area contributed by atoms with Crippen LogP contribution in [-0.2, 0) is 12.8 Å². The van der Waals surface area contributed by atoms with Gasteiger partial charge in [-0.15, -0.1) is 0 Å². The van der Waals surface area contributed by atoms with Gasteiger partial charge in [-0.3, -0.25) is 4.48 Å². The summed E-state index contributed by atoms with van der Waals surface area (Å²) in [6.45, 7) is 0.846. The van der Waals surface area contributed by atoms with Crippen molar-refractivity contribution in [2.24, 2.45) is 0 Å². The van der Waals surface area contributed by atoms with Crippen LogP contribution in [0.2, 0.25) is 0 Å². The second-order valence-electron chi connectivity index (χ2n) is 6.47. The molecular weight excluding hydrogens is 282 g/mol. The van der Waals surface area contributed by atoms with E-state index in [1.807, 2.05) is 0 Å². The Balaban J connectivity index is 1.90. The Labute approximate surface area is 127 Å². The number of phenols is 4. The first kappa shape index (κ1) is 13.3. The Kier molecular flexibility index (Phi) is 2.46. The minimum Gasteiger partial charge on any atom is -0.504 e. The van der Waals surface area contributed by atoms with Gasteiger partial charge in [-0.1, -0.05) is 0 Å². The number of fused-ring (bicyclic) bond motifs is 5. The van der Waals surface area contributed by atoms with Crippen LogP contribution in [-0.4, -0.2) is 34.0 Å². The van der Waals surface area contributed by atoms with Crippen LogP contribution in [0.25, 0.3) is 0 Å². The molecule has 2 aliphatic heterocycles. The molecule has 0 aliphatic carbocycles. The van der Waals surface area contributed by atoms with Gasteiger partial charge in [0.2, 0.25) is 0 Å². The van der Waals surface area contributed by atoms with Crippen molar-refractivity contribution in [1.29, 1.82) is 0 Å². The molecule has 2 aromatic rings. The molecule has 114 valence electrons. The van der Waals surface area contributed by atoms with Crippen LogP contribution in [0.1, 0.15) is 22.7 Å². The van der Waals surface area contributed by atoms with Gasteiger partial charge in [0.05, 0.1) is 13.6 Å². The molecule has 4 N–H and O–H groups in total. The molecule has 0 spiro atoms. The predicted octanol–water partition coefficient (Wildman–Crippen LogP) is 2.30. The summed E-state index contributed by atoms with van der Waals surface area (Å²) >= 11 is 0. The highest BCUT2D eigenvalue weighted by Gasteiger charge is 2.48. The molecule has 0 fully saturated rings. The lowest BCUT2D eigenvalue weighted by atomic mass is 9.90. The van der Waals surface area contributed by atoms with E-state index in [4.69, 9.17) is 0 Å². The minimum absolute atomic E-state index is 0.0827. The Morgan fingerprint density at radius 2 is 1.45 bits per heavy atom. The summed E-state index contributed by atoms with van der Waals surface area (Å²) in [6.07, 6.45) is 1.52. The number of nitrogens with zero attached hydrogens (tertiary/aromatic N) is 1. The number of quaternary nitrogens is 1. The maximum Gasteiger partial charge on any atom is 0.163 e. The van der Waals surface area contributed by atoms with Gasteiger partial charge in [-0.2, -0.15) is 0 Å². The third kappa shape index (κ3) is 1.57. The number of rotatable bonds is 0. The Morgan fingerprint density at radius 1 is 0.864 bits per heavy atom. The number of hydrogen-bond acceptors (Lipinski definition) is 4. The molecule has 2 aromatic carbocycles. The molecule has 2 atom stereocenters. The number of phenolic OH excluding ortho intramolecular Hbond substituents is 4. The molecule has 5 nitrogen and oxygen atoms in total. The van der Waals surface area contributed by atoms with Crippen molar-refractivity contribution < 1.29 is 20.4 Å². The fourth-order valence-corrected chi connectivity index (χ4v) is 4.03. The van der Waals surface area contributed by atoms with Crippen molar-refractivity contribution >= 4 is 5.69 Å². The zero-order valence-electron chi connectivity index (χ0n) is 12.2. The third-order valence-electron chi connectivity index (χ3n) is 5.27. The zero-order chi connectivity index (χ0) is 15.6. The highest BCUT2D eigenvalue weighted by Crippen LogP contribution is 2.52. The smallest absolute Gasteiger partial charge is 0.163 e. The van der Waals surface area contributed by atoms with E-state index in [0.717, 1.165) is 41.8 Å². The van der Waals surface area contributed by atoms with E-state index in [2.05, 4.69) is 7.05 Å². The first-order valence-corrected chi connectivity index (χ1v) is 7.35. The summed E-state index contributed by atoms with van der Waals surface area (Å²) in [5.41, 5.74) is 4.11. The Hall–Kier alpha value is -2.40. The van der Waals surface area contributed by atoms with E-state index < -0.39 is 0 Å². The quantitative estimate of drug-likeness (QED) is 0.444. The van der Waals surface area contributed by atoms with Crippen molar-refractivity contribution in [3.63, 3.8) is 0 Å². The van der Waals surface area contributed by atoms with E-state index in [1.165, 1.54) is 0 Å². The van der Waals surface area contributed by atoms with Crippen molar-refractivity contribution in [1.82, 2.24) is 4.48 Å². The van der Waals surface area contributed by atoms with Gasteiger partial charge >= 0.3 is 0 Å². The van der Waals surface area contributed by atoms with Gasteiger partial charge in [-0.25, -0.2) is 0 Å². The molecule has 5 heteroatoms. The van der Waals surface area contributed by atoms with Crippen molar-refractivity contribution in [2.75, 3.05) is 13.6 Å². The molecule has 22 heavy (non-hydrogen) atoms. The topological polar surface area (TPSA) is 80.9 Å². The van der Waals surface area contributed by atoms with Gasteiger partial charge < -0.3 is 20.4 Å². The molecule has 0 radical (unpaired) electrons. The standard InChI is InChI=1S/C17H17NO4/c1-18-3-2-9-5-14(19)16(21)7-11(9)13(18)4-10-6-15(20)17(22)8-12(10)18/h5-8,13H,2-4H2,1H3,(H3-,19,20,21,22)/p+1/t13-,18-/m0/s1.